The molecule has 6 heteroatoms. The Morgan fingerprint density at radius 3 is 2.72 bits per heavy atom. The van der Waals surface area contributed by atoms with E-state index >= 15 is 0 Å². The van der Waals surface area contributed by atoms with E-state index < -0.39 is 5.60 Å². The third-order valence-corrected chi connectivity index (χ3v) is 2.80. The van der Waals surface area contributed by atoms with Crippen LogP contribution in [0.15, 0.2) is 10.7 Å². The maximum Gasteiger partial charge on any atom is 0.224 e. The van der Waals surface area contributed by atoms with Crippen LogP contribution in [-0.2, 0) is 0 Å². The first-order chi connectivity index (χ1) is 8.33. The normalized spacial score (nSPS) is 11.4. The summed E-state index contributed by atoms with van der Waals surface area (Å²) in [5, 5.41) is 13.0. The number of aliphatic hydroxyl groups is 1. The van der Waals surface area contributed by atoms with Crippen molar-refractivity contribution in [2.75, 3.05) is 30.4 Å². The van der Waals surface area contributed by atoms with Gasteiger partial charge in [0.15, 0.2) is 0 Å². The second-order valence-electron chi connectivity index (χ2n) is 4.96. The van der Waals surface area contributed by atoms with Gasteiger partial charge in [-0.3, -0.25) is 0 Å². The van der Waals surface area contributed by atoms with E-state index in [4.69, 9.17) is 0 Å². The van der Waals surface area contributed by atoms with Crippen molar-refractivity contribution in [3.63, 3.8) is 0 Å². The second kappa shape index (κ2) is 6.33. The summed E-state index contributed by atoms with van der Waals surface area (Å²) in [4.78, 5) is 10.5. The molecule has 0 bridgehead atoms. The lowest BCUT2D eigenvalue weighted by Crippen LogP contribution is -2.36. The zero-order chi connectivity index (χ0) is 13.8. The Hall–Kier alpha value is -0.880. The van der Waals surface area contributed by atoms with E-state index in [0.717, 1.165) is 23.3 Å². The first-order valence-corrected chi connectivity index (χ1v) is 6.82. The van der Waals surface area contributed by atoms with Gasteiger partial charge in [0.25, 0.3) is 0 Å². The molecule has 5 nitrogen and oxygen atoms in total. The van der Waals surface area contributed by atoms with Crippen LogP contribution in [0, 0.1) is 0 Å². The Kier molecular flexibility index (Phi) is 5.34. The lowest BCUT2D eigenvalue weighted by atomic mass is 10.1. The smallest absolute Gasteiger partial charge is 0.224 e. The third kappa shape index (κ3) is 4.78. The number of likely N-dealkylation sites (N-methyl/N-ethyl adjacent to an activating group) is 1. The van der Waals surface area contributed by atoms with Crippen LogP contribution in [-0.4, -0.2) is 40.8 Å². The molecule has 0 fully saturated rings. The molecule has 0 amide bonds. The predicted molar refractivity (Wildman–Crippen MR) is 78.1 cm³/mol. The highest BCUT2D eigenvalue weighted by atomic mass is 79.9. The lowest BCUT2D eigenvalue weighted by molar-refractivity contribution is 0.0884. The van der Waals surface area contributed by atoms with Gasteiger partial charge in [0, 0.05) is 26.3 Å². The second-order valence-corrected chi connectivity index (χ2v) is 5.81. The van der Waals surface area contributed by atoms with E-state index in [1.165, 1.54) is 0 Å². The van der Waals surface area contributed by atoms with Crippen molar-refractivity contribution in [1.29, 1.82) is 0 Å². The molecule has 1 rings (SSSR count). The van der Waals surface area contributed by atoms with Gasteiger partial charge < -0.3 is 15.3 Å². The average molecular weight is 317 g/mol. The summed E-state index contributed by atoms with van der Waals surface area (Å²) in [7, 11) is 1.90. The van der Waals surface area contributed by atoms with Gasteiger partial charge in [-0.2, -0.15) is 4.98 Å². The fraction of sp³-hybridized carbons (Fsp3) is 0.667. The van der Waals surface area contributed by atoms with Crippen LogP contribution in [0.4, 0.5) is 11.8 Å². The summed E-state index contributed by atoms with van der Waals surface area (Å²) in [6, 6.07) is 0. The van der Waals surface area contributed by atoms with Gasteiger partial charge in [0.2, 0.25) is 5.95 Å². The van der Waals surface area contributed by atoms with Gasteiger partial charge in [-0.05, 0) is 36.2 Å². The molecular weight excluding hydrogens is 296 g/mol. The molecule has 0 aliphatic carbocycles. The van der Waals surface area contributed by atoms with Crippen LogP contribution in [0.3, 0.4) is 0 Å². The molecular formula is C12H21BrN4O. The van der Waals surface area contributed by atoms with Crippen molar-refractivity contribution in [2.45, 2.75) is 32.8 Å². The Bertz CT molecular complexity index is 392. The predicted octanol–water partition coefficient (Wildman–Crippen LogP) is 2.27. The van der Waals surface area contributed by atoms with Gasteiger partial charge in [-0.1, -0.05) is 6.92 Å². The van der Waals surface area contributed by atoms with Gasteiger partial charge >= 0.3 is 0 Å². The maximum atomic E-state index is 9.83. The molecule has 0 saturated heterocycles. The minimum Gasteiger partial charge on any atom is -0.389 e. The zero-order valence-electron chi connectivity index (χ0n) is 11.4. The molecule has 2 N–H and O–H groups in total. The maximum absolute atomic E-state index is 9.83. The van der Waals surface area contributed by atoms with E-state index in [-0.39, 0.29) is 0 Å². The largest absolute Gasteiger partial charge is 0.389 e. The lowest BCUT2D eigenvalue weighted by Gasteiger charge is -2.27. The summed E-state index contributed by atoms with van der Waals surface area (Å²) >= 11 is 3.43. The van der Waals surface area contributed by atoms with Crippen LogP contribution >= 0.6 is 15.9 Å². The monoisotopic (exact) mass is 316 g/mol. The van der Waals surface area contributed by atoms with E-state index in [0.29, 0.717) is 12.5 Å². The molecule has 0 aromatic carbocycles. The third-order valence-electron chi connectivity index (χ3n) is 2.24. The fourth-order valence-corrected chi connectivity index (χ4v) is 2.10. The van der Waals surface area contributed by atoms with Crippen LogP contribution in [0.2, 0.25) is 0 Å². The van der Waals surface area contributed by atoms with E-state index in [1.54, 1.807) is 20.0 Å². The molecule has 0 spiro atoms. The van der Waals surface area contributed by atoms with Crippen LogP contribution in [0.5, 0.6) is 0 Å². The molecule has 18 heavy (non-hydrogen) atoms. The van der Waals surface area contributed by atoms with Crippen molar-refractivity contribution in [1.82, 2.24) is 9.97 Å². The molecule has 0 radical (unpaired) electrons. The summed E-state index contributed by atoms with van der Waals surface area (Å²) in [5.41, 5.74) is -0.768. The highest BCUT2D eigenvalue weighted by Crippen LogP contribution is 2.24. The highest BCUT2D eigenvalue weighted by molar-refractivity contribution is 9.10. The molecule has 0 saturated carbocycles. The number of hydrogen-bond donors (Lipinski definition) is 2. The van der Waals surface area contributed by atoms with Gasteiger partial charge in [-0.15, -0.1) is 0 Å². The van der Waals surface area contributed by atoms with Crippen molar-refractivity contribution < 1.29 is 5.11 Å². The number of anilines is 2. The Balaban J connectivity index is 2.86. The first-order valence-electron chi connectivity index (χ1n) is 6.03. The van der Waals surface area contributed by atoms with Crippen molar-refractivity contribution in [2.24, 2.45) is 0 Å². The number of aromatic nitrogens is 2. The molecule has 1 aromatic heterocycles. The summed E-state index contributed by atoms with van der Waals surface area (Å²) in [5.74, 6) is 1.38. The minimum atomic E-state index is -0.768. The van der Waals surface area contributed by atoms with Crippen LogP contribution in [0.1, 0.15) is 27.2 Å². The Labute approximate surface area is 117 Å². The summed E-state index contributed by atoms with van der Waals surface area (Å²) < 4.78 is 0.816. The number of nitrogens with one attached hydrogen (secondary N) is 1. The molecule has 0 atom stereocenters. The average Bonchev–Trinajstić information content (AvgIpc) is 2.25. The van der Waals surface area contributed by atoms with E-state index in [1.807, 2.05) is 11.9 Å². The number of rotatable bonds is 6. The van der Waals surface area contributed by atoms with Crippen molar-refractivity contribution >= 4 is 27.7 Å². The molecule has 0 aliphatic heterocycles. The number of hydrogen-bond acceptors (Lipinski definition) is 5. The number of nitrogens with zero attached hydrogens (tertiary/aromatic N) is 3. The van der Waals surface area contributed by atoms with E-state index in [2.05, 4.69) is 38.1 Å². The first kappa shape index (κ1) is 15.2. The summed E-state index contributed by atoms with van der Waals surface area (Å²) in [6.07, 6.45) is 2.75. The molecule has 102 valence electrons. The fourth-order valence-electron chi connectivity index (χ4n) is 1.60. The van der Waals surface area contributed by atoms with E-state index in [9.17, 15) is 5.11 Å². The Morgan fingerprint density at radius 1 is 1.50 bits per heavy atom. The minimum absolute atomic E-state index is 0.496. The van der Waals surface area contributed by atoms with Crippen LogP contribution < -0.4 is 10.2 Å². The van der Waals surface area contributed by atoms with Crippen LogP contribution in [0.25, 0.3) is 0 Å². The van der Waals surface area contributed by atoms with Crippen molar-refractivity contribution in [3.8, 4) is 0 Å². The summed E-state index contributed by atoms with van der Waals surface area (Å²) in [6.45, 7) is 6.98. The standard InChI is InChI=1S/C12H21BrN4O/c1-5-6-14-11-15-7-9(13)10(16-11)17(4)8-12(2,3)18/h7,18H,5-6,8H2,1-4H3,(H,14,15,16). The highest BCUT2D eigenvalue weighted by Gasteiger charge is 2.18. The zero-order valence-corrected chi connectivity index (χ0v) is 13.0. The molecule has 0 aliphatic rings. The molecule has 1 heterocycles. The van der Waals surface area contributed by atoms with Gasteiger partial charge in [0.05, 0.1) is 10.1 Å². The van der Waals surface area contributed by atoms with Gasteiger partial charge in [-0.25, -0.2) is 4.98 Å². The molecule has 1 aromatic rings. The van der Waals surface area contributed by atoms with Gasteiger partial charge in [0.1, 0.15) is 5.82 Å². The molecule has 0 unspecified atom stereocenters. The SMILES string of the molecule is CCCNc1ncc(Br)c(N(C)CC(C)(C)O)n1. The Morgan fingerprint density at radius 2 is 2.17 bits per heavy atom. The number of halogens is 1. The topological polar surface area (TPSA) is 61.3 Å². The van der Waals surface area contributed by atoms with Crippen molar-refractivity contribution in [3.05, 3.63) is 10.7 Å². The quantitative estimate of drug-likeness (QED) is 0.843.